The number of benzene rings is 1. The average molecular weight is 342 g/mol. The first-order chi connectivity index (χ1) is 12.1. The topological polar surface area (TPSA) is 60.2 Å². The highest BCUT2D eigenvalue weighted by Gasteiger charge is 2.34. The number of nitrogens with zero attached hydrogens (tertiary/aromatic N) is 4. The molecule has 1 unspecified atom stereocenters. The maximum atomic E-state index is 12.5. The summed E-state index contributed by atoms with van der Waals surface area (Å²) >= 11 is 0. The Morgan fingerprint density at radius 3 is 2.72 bits per heavy atom. The van der Waals surface area contributed by atoms with Crippen LogP contribution in [0.2, 0.25) is 0 Å². The number of aryl methyl sites for hydroxylation is 1. The predicted molar refractivity (Wildman–Crippen MR) is 96.8 cm³/mol. The molecular weight excluding hydrogens is 316 g/mol. The van der Waals surface area contributed by atoms with E-state index in [-0.39, 0.29) is 17.9 Å². The van der Waals surface area contributed by atoms with Crippen LogP contribution in [0.25, 0.3) is 0 Å². The van der Waals surface area contributed by atoms with Crippen molar-refractivity contribution in [2.24, 2.45) is 0 Å². The Morgan fingerprint density at radius 2 is 2.04 bits per heavy atom. The minimum absolute atomic E-state index is 0.0958. The number of amides is 1. The van der Waals surface area contributed by atoms with Gasteiger partial charge in [-0.3, -0.25) is 4.79 Å². The van der Waals surface area contributed by atoms with Crippen molar-refractivity contribution in [1.82, 2.24) is 14.8 Å². The Kier molecular flexibility index (Phi) is 5.36. The largest absolute Gasteiger partial charge is 0.491 e. The molecule has 0 saturated carbocycles. The van der Waals surface area contributed by atoms with Crippen molar-refractivity contribution in [2.45, 2.75) is 58.6 Å². The van der Waals surface area contributed by atoms with Crippen LogP contribution in [0.1, 0.15) is 51.8 Å². The van der Waals surface area contributed by atoms with Gasteiger partial charge in [0.1, 0.15) is 17.9 Å². The van der Waals surface area contributed by atoms with Gasteiger partial charge in [0.2, 0.25) is 5.91 Å². The maximum Gasteiger partial charge on any atom is 0.227 e. The molecule has 0 N–H and O–H groups in total. The normalized spacial score (nSPS) is 17.5. The molecule has 1 aliphatic rings. The highest BCUT2D eigenvalue weighted by Crippen LogP contribution is 2.31. The second-order valence-corrected chi connectivity index (χ2v) is 6.76. The lowest BCUT2D eigenvalue weighted by Crippen LogP contribution is -2.24. The molecule has 6 heteroatoms. The van der Waals surface area contributed by atoms with E-state index in [1.54, 1.807) is 6.33 Å². The molecule has 1 aromatic carbocycles. The lowest BCUT2D eigenvalue weighted by atomic mass is 10.1. The Hall–Kier alpha value is -2.37. The molecule has 1 amide bonds. The number of aromatic nitrogens is 3. The molecule has 0 radical (unpaired) electrons. The van der Waals surface area contributed by atoms with E-state index < -0.39 is 0 Å². The molecule has 1 aliphatic heterocycles. The van der Waals surface area contributed by atoms with Crippen molar-refractivity contribution < 1.29 is 9.53 Å². The van der Waals surface area contributed by atoms with Gasteiger partial charge < -0.3 is 9.64 Å². The quantitative estimate of drug-likeness (QED) is 0.774. The summed E-state index contributed by atoms with van der Waals surface area (Å²) in [7, 11) is 0. The van der Waals surface area contributed by atoms with Crippen LogP contribution < -0.4 is 9.64 Å². The molecule has 0 spiro atoms. The highest BCUT2D eigenvalue weighted by molar-refractivity contribution is 5.96. The standard InChI is InChI=1S/C19H26N4O2/c1-4-5-10-23-19(20-13-21-23)15-11-18(24)22(12-15)16-6-8-17(9-7-16)25-14(2)3/h6-9,13-15H,4-5,10-12H2,1-3H3. The lowest BCUT2D eigenvalue weighted by molar-refractivity contribution is -0.117. The van der Waals surface area contributed by atoms with E-state index in [2.05, 4.69) is 17.0 Å². The summed E-state index contributed by atoms with van der Waals surface area (Å²) < 4.78 is 7.62. The molecule has 1 atom stereocenters. The summed E-state index contributed by atoms with van der Waals surface area (Å²) in [5, 5.41) is 4.32. The van der Waals surface area contributed by atoms with E-state index >= 15 is 0 Å². The molecule has 25 heavy (non-hydrogen) atoms. The van der Waals surface area contributed by atoms with Gasteiger partial charge in [0, 0.05) is 31.1 Å². The number of hydrogen-bond donors (Lipinski definition) is 0. The SMILES string of the molecule is CCCCn1ncnc1C1CC(=O)N(c2ccc(OC(C)C)cc2)C1. The Balaban J connectivity index is 1.71. The second kappa shape index (κ2) is 7.68. The molecule has 1 aromatic heterocycles. The molecule has 2 heterocycles. The van der Waals surface area contributed by atoms with Crippen LogP contribution in [0.3, 0.4) is 0 Å². The van der Waals surface area contributed by atoms with E-state index in [1.165, 1.54) is 0 Å². The van der Waals surface area contributed by atoms with Crippen molar-refractivity contribution in [2.75, 3.05) is 11.4 Å². The number of hydrogen-bond acceptors (Lipinski definition) is 4. The molecule has 0 aliphatic carbocycles. The van der Waals surface area contributed by atoms with Crippen molar-refractivity contribution in [1.29, 1.82) is 0 Å². The van der Waals surface area contributed by atoms with E-state index in [9.17, 15) is 4.79 Å². The van der Waals surface area contributed by atoms with E-state index in [0.717, 1.165) is 36.6 Å². The first kappa shape index (κ1) is 17.5. The third kappa shape index (κ3) is 4.00. The number of unbranched alkanes of at least 4 members (excludes halogenated alkanes) is 1. The summed E-state index contributed by atoms with van der Waals surface area (Å²) in [5.74, 6) is 1.97. The van der Waals surface area contributed by atoms with Gasteiger partial charge in [-0.1, -0.05) is 13.3 Å². The van der Waals surface area contributed by atoms with Crippen LogP contribution in [0.5, 0.6) is 5.75 Å². The van der Waals surface area contributed by atoms with Crippen LogP contribution in [-0.2, 0) is 11.3 Å². The monoisotopic (exact) mass is 342 g/mol. The van der Waals surface area contributed by atoms with Gasteiger partial charge in [-0.05, 0) is 44.5 Å². The number of rotatable bonds is 7. The second-order valence-electron chi connectivity index (χ2n) is 6.76. The number of ether oxygens (including phenoxy) is 1. The van der Waals surface area contributed by atoms with Gasteiger partial charge in [0.05, 0.1) is 6.10 Å². The van der Waals surface area contributed by atoms with E-state index in [4.69, 9.17) is 4.74 Å². The molecule has 1 saturated heterocycles. The number of anilines is 1. The Labute approximate surface area is 148 Å². The third-order valence-electron chi connectivity index (χ3n) is 4.38. The summed E-state index contributed by atoms with van der Waals surface area (Å²) in [5.41, 5.74) is 0.906. The third-order valence-corrected chi connectivity index (χ3v) is 4.38. The number of carbonyl (C=O) groups excluding carboxylic acids is 1. The summed E-state index contributed by atoms with van der Waals surface area (Å²) in [6.45, 7) is 7.66. The van der Waals surface area contributed by atoms with E-state index in [1.807, 2.05) is 47.7 Å². The fourth-order valence-corrected chi connectivity index (χ4v) is 3.18. The van der Waals surface area contributed by atoms with Crippen LogP contribution in [0.15, 0.2) is 30.6 Å². The smallest absolute Gasteiger partial charge is 0.227 e. The van der Waals surface area contributed by atoms with Crippen LogP contribution >= 0.6 is 0 Å². The minimum Gasteiger partial charge on any atom is -0.491 e. The first-order valence-corrected chi connectivity index (χ1v) is 9.03. The van der Waals surface area contributed by atoms with Gasteiger partial charge in [-0.15, -0.1) is 0 Å². The van der Waals surface area contributed by atoms with Crippen LogP contribution in [-0.4, -0.2) is 33.3 Å². The molecule has 0 bridgehead atoms. The molecule has 1 fully saturated rings. The van der Waals surface area contributed by atoms with Gasteiger partial charge >= 0.3 is 0 Å². The molecule has 3 rings (SSSR count). The fraction of sp³-hybridized carbons (Fsp3) is 0.526. The minimum atomic E-state index is 0.0958. The van der Waals surface area contributed by atoms with Gasteiger partial charge in [0.25, 0.3) is 0 Å². The maximum absolute atomic E-state index is 12.5. The molecule has 134 valence electrons. The molecular formula is C19H26N4O2. The van der Waals surface area contributed by atoms with Crippen LogP contribution in [0, 0.1) is 0 Å². The zero-order valence-electron chi connectivity index (χ0n) is 15.2. The Bertz CT molecular complexity index is 708. The molecule has 6 nitrogen and oxygen atoms in total. The highest BCUT2D eigenvalue weighted by atomic mass is 16.5. The van der Waals surface area contributed by atoms with Crippen molar-refractivity contribution >= 4 is 11.6 Å². The average Bonchev–Trinajstić information content (AvgIpc) is 3.19. The first-order valence-electron chi connectivity index (χ1n) is 9.03. The van der Waals surface area contributed by atoms with Crippen molar-refractivity contribution in [3.8, 4) is 5.75 Å². The molecule has 2 aromatic rings. The summed E-state index contributed by atoms with van der Waals surface area (Å²) in [4.78, 5) is 18.8. The zero-order valence-corrected chi connectivity index (χ0v) is 15.2. The Morgan fingerprint density at radius 1 is 1.28 bits per heavy atom. The lowest BCUT2D eigenvalue weighted by Gasteiger charge is -2.18. The van der Waals surface area contributed by atoms with Gasteiger partial charge in [-0.2, -0.15) is 5.10 Å². The van der Waals surface area contributed by atoms with Crippen molar-refractivity contribution in [3.05, 3.63) is 36.4 Å². The van der Waals surface area contributed by atoms with Crippen LogP contribution in [0.4, 0.5) is 5.69 Å². The predicted octanol–water partition coefficient (Wildman–Crippen LogP) is 3.39. The van der Waals surface area contributed by atoms with Crippen molar-refractivity contribution in [3.63, 3.8) is 0 Å². The number of carbonyl (C=O) groups is 1. The van der Waals surface area contributed by atoms with E-state index in [0.29, 0.717) is 13.0 Å². The van der Waals surface area contributed by atoms with Gasteiger partial charge in [0.15, 0.2) is 0 Å². The fourth-order valence-electron chi connectivity index (χ4n) is 3.18. The zero-order chi connectivity index (χ0) is 17.8. The summed E-state index contributed by atoms with van der Waals surface area (Å²) in [6.07, 6.45) is 4.39. The summed E-state index contributed by atoms with van der Waals surface area (Å²) in [6, 6.07) is 7.72. The van der Waals surface area contributed by atoms with Gasteiger partial charge in [-0.25, -0.2) is 9.67 Å².